The van der Waals surface area contributed by atoms with Crippen LogP contribution in [0, 0.1) is 0 Å². The van der Waals surface area contributed by atoms with Gasteiger partial charge in [0.15, 0.2) is 0 Å². The normalized spacial score (nSPS) is 10.6. The second-order valence-corrected chi connectivity index (χ2v) is 6.35. The molecule has 3 aromatic rings. The third-order valence-corrected chi connectivity index (χ3v) is 4.23. The van der Waals surface area contributed by atoms with E-state index in [0.717, 1.165) is 5.69 Å². The molecular formula is C17H12Cl3N3O. The smallest absolute Gasteiger partial charge is 0.260 e. The highest BCUT2D eigenvalue weighted by Gasteiger charge is 2.21. The number of rotatable bonds is 4. The van der Waals surface area contributed by atoms with E-state index in [0.29, 0.717) is 32.9 Å². The predicted octanol–water partition coefficient (Wildman–Crippen LogP) is 5.22. The van der Waals surface area contributed by atoms with Crippen LogP contribution in [0.15, 0.2) is 55.0 Å². The SMILES string of the molecule is O=C(c1ccc(Cl)cc1Cl)N(Cc1cnc[nH]1)c1ccc(Cl)cc1. The van der Waals surface area contributed by atoms with Gasteiger partial charge in [0.25, 0.3) is 5.91 Å². The number of hydrogen-bond donors (Lipinski definition) is 1. The van der Waals surface area contributed by atoms with Crippen LogP contribution >= 0.6 is 34.8 Å². The van der Waals surface area contributed by atoms with Crippen molar-refractivity contribution in [2.75, 3.05) is 4.90 Å². The molecule has 0 spiro atoms. The molecule has 0 unspecified atom stereocenters. The Labute approximate surface area is 154 Å². The van der Waals surface area contributed by atoms with Gasteiger partial charge < -0.3 is 9.88 Å². The Hall–Kier alpha value is -2.01. The zero-order chi connectivity index (χ0) is 17.1. The van der Waals surface area contributed by atoms with E-state index in [4.69, 9.17) is 34.8 Å². The van der Waals surface area contributed by atoms with Gasteiger partial charge in [0.05, 0.1) is 29.2 Å². The number of aromatic nitrogens is 2. The maximum absolute atomic E-state index is 13.0. The van der Waals surface area contributed by atoms with Gasteiger partial charge in [0.1, 0.15) is 0 Å². The fourth-order valence-corrected chi connectivity index (χ4v) is 2.87. The molecule has 3 rings (SSSR count). The highest BCUT2D eigenvalue weighted by atomic mass is 35.5. The van der Waals surface area contributed by atoms with Crippen LogP contribution in [0.4, 0.5) is 5.69 Å². The lowest BCUT2D eigenvalue weighted by molar-refractivity contribution is 0.0985. The first-order valence-corrected chi connectivity index (χ1v) is 8.18. The first kappa shape index (κ1) is 16.8. The molecule has 1 amide bonds. The fourth-order valence-electron chi connectivity index (χ4n) is 2.25. The van der Waals surface area contributed by atoms with Gasteiger partial charge >= 0.3 is 0 Å². The van der Waals surface area contributed by atoms with Gasteiger partial charge in [-0.2, -0.15) is 0 Å². The van der Waals surface area contributed by atoms with E-state index in [2.05, 4.69) is 9.97 Å². The van der Waals surface area contributed by atoms with Gasteiger partial charge in [-0.1, -0.05) is 34.8 Å². The van der Waals surface area contributed by atoms with Crippen LogP contribution in [0.1, 0.15) is 16.1 Å². The Bertz CT molecular complexity index is 848. The summed E-state index contributed by atoms with van der Waals surface area (Å²) in [6.07, 6.45) is 3.23. The van der Waals surface area contributed by atoms with Gasteiger partial charge in [-0.25, -0.2) is 4.98 Å². The number of nitrogens with zero attached hydrogens (tertiary/aromatic N) is 2. The van der Waals surface area contributed by atoms with E-state index < -0.39 is 0 Å². The molecule has 7 heteroatoms. The molecule has 0 bridgehead atoms. The number of imidazole rings is 1. The average Bonchev–Trinajstić information content (AvgIpc) is 3.06. The zero-order valence-electron chi connectivity index (χ0n) is 12.3. The summed E-state index contributed by atoms with van der Waals surface area (Å²) in [5, 5.41) is 1.37. The van der Waals surface area contributed by atoms with Crippen molar-refractivity contribution in [2.45, 2.75) is 6.54 Å². The summed E-state index contributed by atoms with van der Waals surface area (Å²) < 4.78 is 0. The van der Waals surface area contributed by atoms with Crippen molar-refractivity contribution < 1.29 is 4.79 Å². The van der Waals surface area contributed by atoms with Crippen LogP contribution < -0.4 is 4.90 Å². The van der Waals surface area contributed by atoms with Crippen LogP contribution in [0.25, 0.3) is 0 Å². The van der Waals surface area contributed by atoms with Gasteiger partial charge in [-0.3, -0.25) is 4.79 Å². The molecule has 0 aliphatic carbocycles. The molecule has 0 aliphatic heterocycles. The average molecular weight is 381 g/mol. The van der Waals surface area contributed by atoms with Crippen molar-refractivity contribution >= 4 is 46.4 Å². The monoisotopic (exact) mass is 379 g/mol. The maximum Gasteiger partial charge on any atom is 0.260 e. The lowest BCUT2D eigenvalue weighted by Crippen LogP contribution is -2.30. The molecule has 0 atom stereocenters. The third-order valence-electron chi connectivity index (χ3n) is 3.43. The largest absolute Gasteiger partial charge is 0.347 e. The number of carbonyl (C=O) groups is 1. The second kappa shape index (κ2) is 7.26. The molecule has 0 aliphatic rings. The highest BCUT2D eigenvalue weighted by Crippen LogP contribution is 2.26. The second-order valence-electron chi connectivity index (χ2n) is 5.07. The number of nitrogens with one attached hydrogen (secondary N) is 1. The van der Waals surface area contributed by atoms with Crippen molar-refractivity contribution in [3.8, 4) is 0 Å². The number of anilines is 1. The first-order valence-electron chi connectivity index (χ1n) is 7.04. The lowest BCUT2D eigenvalue weighted by atomic mass is 10.1. The van der Waals surface area contributed by atoms with E-state index in [9.17, 15) is 4.79 Å². The van der Waals surface area contributed by atoms with Crippen molar-refractivity contribution in [2.24, 2.45) is 0 Å². The number of hydrogen-bond acceptors (Lipinski definition) is 2. The molecule has 1 aromatic heterocycles. The Kier molecular flexibility index (Phi) is 5.09. The van der Waals surface area contributed by atoms with Crippen LogP contribution in [-0.2, 0) is 6.54 Å². The summed E-state index contributed by atoms with van der Waals surface area (Å²) in [6.45, 7) is 0.319. The van der Waals surface area contributed by atoms with Crippen molar-refractivity contribution in [3.05, 3.63) is 81.3 Å². The van der Waals surface area contributed by atoms with Crippen LogP contribution in [0.2, 0.25) is 15.1 Å². The van der Waals surface area contributed by atoms with E-state index >= 15 is 0 Å². The van der Waals surface area contributed by atoms with Crippen LogP contribution in [-0.4, -0.2) is 15.9 Å². The molecule has 0 saturated heterocycles. The molecule has 1 N–H and O–H groups in total. The van der Waals surface area contributed by atoms with Gasteiger partial charge in [0, 0.05) is 21.9 Å². The fraction of sp³-hybridized carbons (Fsp3) is 0.0588. The minimum absolute atomic E-state index is 0.242. The van der Waals surface area contributed by atoms with E-state index in [1.54, 1.807) is 59.9 Å². The zero-order valence-corrected chi connectivity index (χ0v) is 14.6. The Morgan fingerprint density at radius 2 is 1.75 bits per heavy atom. The molecule has 0 saturated carbocycles. The number of benzene rings is 2. The topological polar surface area (TPSA) is 49.0 Å². The molecule has 2 aromatic carbocycles. The Morgan fingerprint density at radius 3 is 2.38 bits per heavy atom. The number of carbonyl (C=O) groups excluding carboxylic acids is 1. The lowest BCUT2D eigenvalue weighted by Gasteiger charge is -2.23. The van der Waals surface area contributed by atoms with Crippen molar-refractivity contribution in [1.82, 2.24) is 9.97 Å². The minimum atomic E-state index is -0.242. The van der Waals surface area contributed by atoms with Crippen LogP contribution in [0.5, 0.6) is 0 Å². The molecule has 122 valence electrons. The number of halogens is 3. The van der Waals surface area contributed by atoms with Crippen LogP contribution in [0.3, 0.4) is 0 Å². The third kappa shape index (κ3) is 3.73. The summed E-state index contributed by atoms with van der Waals surface area (Å²) in [6, 6.07) is 11.8. The number of amides is 1. The summed E-state index contributed by atoms with van der Waals surface area (Å²) in [7, 11) is 0. The maximum atomic E-state index is 13.0. The molecule has 0 fully saturated rings. The quantitative estimate of drug-likeness (QED) is 0.675. The molecule has 1 heterocycles. The highest BCUT2D eigenvalue weighted by molar-refractivity contribution is 6.37. The number of aromatic amines is 1. The summed E-state index contributed by atoms with van der Waals surface area (Å²) in [4.78, 5) is 21.6. The summed E-state index contributed by atoms with van der Waals surface area (Å²) in [5.41, 5.74) is 1.86. The van der Waals surface area contributed by atoms with Gasteiger partial charge in [-0.15, -0.1) is 0 Å². The molecule has 24 heavy (non-hydrogen) atoms. The minimum Gasteiger partial charge on any atom is -0.347 e. The Morgan fingerprint density at radius 1 is 1.04 bits per heavy atom. The van der Waals surface area contributed by atoms with Crippen molar-refractivity contribution in [1.29, 1.82) is 0 Å². The summed E-state index contributed by atoms with van der Waals surface area (Å²) in [5.74, 6) is -0.242. The van der Waals surface area contributed by atoms with E-state index in [1.165, 1.54) is 0 Å². The molecule has 4 nitrogen and oxygen atoms in total. The first-order chi connectivity index (χ1) is 11.5. The standard InChI is InChI=1S/C17H12Cl3N3O/c18-11-1-4-14(5-2-11)23(9-13-8-21-10-22-13)17(24)15-6-3-12(19)7-16(15)20/h1-8,10H,9H2,(H,21,22). The molecular weight excluding hydrogens is 369 g/mol. The van der Waals surface area contributed by atoms with Gasteiger partial charge in [0.2, 0.25) is 0 Å². The van der Waals surface area contributed by atoms with Gasteiger partial charge in [-0.05, 0) is 42.5 Å². The molecule has 0 radical (unpaired) electrons. The summed E-state index contributed by atoms with van der Waals surface area (Å²) >= 11 is 18.0. The predicted molar refractivity (Wildman–Crippen MR) is 97.0 cm³/mol. The Balaban J connectivity index is 1.99. The van der Waals surface area contributed by atoms with E-state index in [1.807, 2.05) is 0 Å². The van der Waals surface area contributed by atoms with E-state index in [-0.39, 0.29) is 5.91 Å². The number of H-pyrrole nitrogens is 1. The van der Waals surface area contributed by atoms with Crippen molar-refractivity contribution in [3.63, 3.8) is 0 Å².